The van der Waals surface area contributed by atoms with E-state index in [2.05, 4.69) is 5.16 Å². The molecule has 20 heavy (non-hydrogen) atoms. The maximum atomic E-state index is 12.8. The van der Waals surface area contributed by atoms with Crippen molar-refractivity contribution in [3.63, 3.8) is 0 Å². The number of amidine groups is 1. The van der Waals surface area contributed by atoms with Gasteiger partial charge in [0.25, 0.3) is 0 Å². The Labute approximate surface area is 120 Å². The van der Waals surface area contributed by atoms with E-state index in [1.807, 2.05) is 13.8 Å². The van der Waals surface area contributed by atoms with Gasteiger partial charge in [0.2, 0.25) is 5.91 Å². The van der Waals surface area contributed by atoms with E-state index < -0.39 is 5.41 Å². The molecule has 0 aromatic heterocycles. The van der Waals surface area contributed by atoms with Crippen LogP contribution in [0.4, 0.5) is 0 Å². The van der Waals surface area contributed by atoms with Crippen LogP contribution >= 0.6 is 0 Å². The summed E-state index contributed by atoms with van der Waals surface area (Å²) in [6, 6.07) is 0. The SMILES string of the molecule is CCCC(CCC)(C(=O)N(CCO)CCO)C(N)=NO. The average Bonchev–Trinajstić information content (AvgIpc) is 2.45. The molecule has 0 saturated heterocycles. The Bertz CT molecular complexity index is 309. The van der Waals surface area contributed by atoms with E-state index in [9.17, 15) is 4.79 Å². The summed E-state index contributed by atoms with van der Waals surface area (Å²) >= 11 is 0. The van der Waals surface area contributed by atoms with Gasteiger partial charge in [-0.3, -0.25) is 4.79 Å². The highest BCUT2D eigenvalue weighted by Crippen LogP contribution is 2.32. The third kappa shape index (κ3) is 4.35. The number of aliphatic hydroxyl groups is 2. The maximum Gasteiger partial charge on any atom is 0.236 e. The predicted octanol–water partition coefficient (Wildman–Crippen LogP) is 0.133. The van der Waals surface area contributed by atoms with Gasteiger partial charge in [-0.05, 0) is 12.8 Å². The zero-order valence-corrected chi connectivity index (χ0v) is 12.4. The fraction of sp³-hybridized carbons (Fsp3) is 0.846. The summed E-state index contributed by atoms with van der Waals surface area (Å²) in [6.07, 6.45) is 2.33. The van der Waals surface area contributed by atoms with Gasteiger partial charge in [0.15, 0.2) is 5.84 Å². The van der Waals surface area contributed by atoms with E-state index in [0.717, 1.165) is 0 Å². The van der Waals surface area contributed by atoms with E-state index in [1.165, 1.54) is 4.90 Å². The van der Waals surface area contributed by atoms with Gasteiger partial charge in [-0.25, -0.2) is 0 Å². The van der Waals surface area contributed by atoms with E-state index in [4.69, 9.17) is 21.2 Å². The van der Waals surface area contributed by atoms with Crippen LogP contribution in [0.5, 0.6) is 0 Å². The van der Waals surface area contributed by atoms with Crippen LogP contribution in [0, 0.1) is 5.41 Å². The molecule has 0 unspecified atom stereocenters. The Morgan fingerprint density at radius 2 is 1.60 bits per heavy atom. The Hall–Kier alpha value is -1.34. The number of carbonyl (C=O) groups excluding carboxylic acids is 1. The van der Waals surface area contributed by atoms with Crippen molar-refractivity contribution < 1.29 is 20.2 Å². The molecule has 1 amide bonds. The lowest BCUT2D eigenvalue weighted by Crippen LogP contribution is -2.52. The summed E-state index contributed by atoms with van der Waals surface area (Å²) in [5.74, 6) is -0.410. The fourth-order valence-electron chi connectivity index (χ4n) is 2.51. The van der Waals surface area contributed by atoms with Crippen molar-refractivity contribution in [3.8, 4) is 0 Å². The van der Waals surface area contributed by atoms with Gasteiger partial charge in [-0.1, -0.05) is 31.8 Å². The Balaban J connectivity index is 5.50. The molecule has 0 aromatic carbocycles. The standard InChI is InChI=1S/C13H27N3O4/c1-3-5-13(6-4-2,11(14)15-20)12(19)16(7-9-17)8-10-18/h17-18,20H,3-10H2,1-2H3,(H2,14,15). The molecule has 0 spiro atoms. The van der Waals surface area contributed by atoms with Gasteiger partial charge in [-0.15, -0.1) is 0 Å². The molecule has 118 valence electrons. The normalized spacial score (nSPS) is 12.5. The van der Waals surface area contributed by atoms with E-state index >= 15 is 0 Å². The van der Waals surface area contributed by atoms with Crippen LogP contribution in [0.1, 0.15) is 39.5 Å². The van der Waals surface area contributed by atoms with Crippen molar-refractivity contribution in [2.75, 3.05) is 26.3 Å². The highest BCUT2D eigenvalue weighted by Gasteiger charge is 2.43. The first kappa shape index (κ1) is 18.7. The van der Waals surface area contributed by atoms with Gasteiger partial charge in [0.1, 0.15) is 5.41 Å². The second kappa shape index (κ2) is 9.55. The van der Waals surface area contributed by atoms with E-state index in [1.54, 1.807) is 0 Å². The number of hydrogen-bond donors (Lipinski definition) is 4. The van der Waals surface area contributed by atoms with E-state index in [-0.39, 0.29) is 38.0 Å². The average molecular weight is 289 g/mol. The predicted molar refractivity (Wildman–Crippen MR) is 76.4 cm³/mol. The largest absolute Gasteiger partial charge is 0.409 e. The van der Waals surface area contributed by atoms with Crippen molar-refractivity contribution in [2.45, 2.75) is 39.5 Å². The van der Waals surface area contributed by atoms with Crippen molar-refractivity contribution in [1.29, 1.82) is 0 Å². The number of nitrogens with zero attached hydrogens (tertiary/aromatic N) is 2. The maximum absolute atomic E-state index is 12.8. The molecule has 0 rings (SSSR count). The minimum Gasteiger partial charge on any atom is -0.409 e. The van der Waals surface area contributed by atoms with Gasteiger partial charge in [-0.2, -0.15) is 0 Å². The number of nitrogens with two attached hydrogens (primary N) is 1. The lowest BCUT2D eigenvalue weighted by molar-refractivity contribution is -0.140. The minimum absolute atomic E-state index is 0.105. The molecule has 0 bridgehead atoms. The highest BCUT2D eigenvalue weighted by atomic mass is 16.4. The lowest BCUT2D eigenvalue weighted by atomic mass is 9.76. The van der Waals surface area contributed by atoms with Crippen LogP contribution in [-0.2, 0) is 4.79 Å². The lowest BCUT2D eigenvalue weighted by Gasteiger charge is -2.36. The quantitative estimate of drug-likeness (QED) is 0.197. The van der Waals surface area contributed by atoms with Crippen LogP contribution in [0.2, 0.25) is 0 Å². The highest BCUT2D eigenvalue weighted by molar-refractivity contribution is 6.06. The summed E-state index contributed by atoms with van der Waals surface area (Å²) in [4.78, 5) is 14.1. The molecule has 7 nitrogen and oxygen atoms in total. The topological polar surface area (TPSA) is 119 Å². The number of oxime groups is 1. The van der Waals surface area contributed by atoms with Gasteiger partial charge in [0.05, 0.1) is 13.2 Å². The summed E-state index contributed by atoms with van der Waals surface area (Å²) in [5.41, 5.74) is 4.72. The molecule has 0 aromatic rings. The molecule has 0 heterocycles. The molecule has 5 N–H and O–H groups in total. The first-order valence-electron chi connectivity index (χ1n) is 7.03. The van der Waals surface area contributed by atoms with Gasteiger partial charge < -0.3 is 26.1 Å². The van der Waals surface area contributed by atoms with Gasteiger partial charge >= 0.3 is 0 Å². The van der Waals surface area contributed by atoms with Gasteiger partial charge in [0, 0.05) is 13.1 Å². The minimum atomic E-state index is -1.07. The van der Waals surface area contributed by atoms with Crippen molar-refractivity contribution in [1.82, 2.24) is 4.90 Å². The zero-order chi connectivity index (χ0) is 15.6. The number of rotatable bonds is 10. The third-order valence-corrected chi connectivity index (χ3v) is 3.39. The van der Waals surface area contributed by atoms with Crippen molar-refractivity contribution in [3.05, 3.63) is 0 Å². The third-order valence-electron chi connectivity index (χ3n) is 3.39. The Kier molecular flexibility index (Phi) is 8.91. The molecular formula is C13H27N3O4. The molecule has 0 radical (unpaired) electrons. The molecule has 7 heteroatoms. The number of carbonyl (C=O) groups is 1. The smallest absolute Gasteiger partial charge is 0.236 e. The molecule has 0 aliphatic carbocycles. The summed E-state index contributed by atoms with van der Waals surface area (Å²) < 4.78 is 0. The Morgan fingerprint density at radius 3 is 1.90 bits per heavy atom. The molecule has 0 atom stereocenters. The van der Waals surface area contributed by atoms with Crippen LogP contribution < -0.4 is 5.73 Å². The molecule has 0 saturated carbocycles. The molecule has 0 aliphatic heterocycles. The van der Waals surface area contributed by atoms with Crippen molar-refractivity contribution >= 4 is 11.7 Å². The second-order valence-corrected chi connectivity index (χ2v) is 4.81. The first-order valence-corrected chi connectivity index (χ1v) is 7.03. The van der Waals surface area contributed by atoms with Crippen LogP contribution in [0.15, 0.2) is 5.16 Å². The number of amides is 1. The Morgan fingerprint density at radius 1 is 1.15 bits per heavy atom. The van der Waals surface area contributed by atoms with Crippen molar-refractivity contribution in [2.24, 2.45) is 16.3 Å². The number of aliphatic hydroxyl groups excluding tert-OH is 2. The summed E-state index contributed by atoms with van der Waals surface area (Å²) in [7, 11) is 0. The van der Waals surface area contributed by atoms with Crippen LogP contribution in [0.25, 0.3) is 0 Å². The van der Waals surface area contributed by atoms with Crippen LogP contribution in [0.3, 0.4) is 0 Å². The zero-order valence-electron chi connectivity index (χ0n) is 12.4. The summed E-state index contributed by atoms with van der Waals surface area (Å²) in [5, 5.41) is 30.1. The second-order valence-electron chi connectivity index (χ2n) is 4.81. The van der Waals surface area contributed by atoms with E-state index in [0.29, 0.717) is 25.7 Å². The summed E-state index contributed by atoms with van der Waals surface area (Å²) in [6.45, 7) is 3.68. The monoisotopic (exact) mass is 289 g/mol. The molecule has 0 aliphatic rings. The molecule has 0 fully saturated rings. The van der Waals surface area contributed by atoms with Crippen LogP contribution in [-0.4, -0.2) is 58.4 Å². The first-order chi connectivity index (χ1) is 9.53. The number of hydrogen-bond acceptors (Lipinski definition) is 5. The fourth-order valence-corrected chi connectivity index (χ4v) is 2.51. The molecular weight excluding hydrogens is 262 g/mol.